The van der Waals surface area contributed by atoms with E-state index in [4.69, 9.17) is 14.2 Å². The molecule has 0 aliphatic rings. The van der Waals surface area contributed by atoms with Gasteiger partial charge in [-0.3, -0.25) is 10.1 Å². The lowest BCUT2D eigenvalue weighted by Crippen LogP contribution is -2.27. The summed E-state index contributed by atoms with van der Waals surface area (Å²) in [6, 6.07) is 11.9. The number of hydrogen-bond donors (Lipinski definition) is 2. The van der Waals surface area contributed by atoms with Gasteiger partial charge in [-0.15, -0.1) is 0 Å². The molecule has 0 fully saturated rings. The average Bonchev–Trinajstić information content (AvgIpc) is 2.63. The van der Waals surface area contributed by atoms with Gasteiger partial charge in [0.25, 0.3) is 5.91 Å². The fourth-order valence-electron chi connectivity index (χ4n) is 2.50. The van der Waals surface area contributed by atoms with Crippen molar-refractivity contribution in [3.8, 4) is 11.5 Å². The van der Waals surface area contributed by atoms with Crippen molar-refractivity contribution in [3.05, 3.63) is 48.0 Å². The maximum absolute atomic E-state index is 12.8. The highest BCUT2D eigenvalue weighted by Gasteiger charge is 2.17. The highest BCUT2D eigenvalue weighted by atomic mass is 16.6. The standard InChI is InChI=1S/C22H28N2O5/c1-6-27-17-11-12-19(28-7-2)18(14-17)24-20(25)15-9-8-10-16(13-15)23-21(26)29-22(3,4)5/h8-14H,6-7H2,1-5H3,(H,23,26)(H,24,25). The molecule has 7 heteroatoms. The fraction of sp³-hybridized carbons (Fsp3) is 0.364. The Labute approximate surface area is 171 Å². The second kappa shape index (κ2) is 9.82. The van der Waals surface area contributed by atoms with Crippen LogP contribution < -0.4 is 20.1 Å². The van der Waals surface area contributed by atoms with E-state index >= 15 is 0 Å². The molecule has 2 N–H and O–H groups in total. The van der Waals surface area contributed by atoms with E-state index in [-0.39, 0.29) is 5.91 Å². The maximum atomic E-state index is 12.8. The normalized spacial score (nSPS) is 10.8. The molecule has 0 radical (unpaired) electrons. The van der Waals surface area contributed by atoms with Gasteiger partial charge in [0.2, 0.25) is 0 Å². The van der Waals surface area contributed by atoms with Crippen LogP contribution in [0, 0.1) is 0 Å². The molecule has 2 rings (SSSR count). The predicted molar refractivity (Wildman–Crippen MR) is 113 cm³/mol. The minimum Gasteiger partial charge on any atom is -0.494 e. The molecule has 0 aromatic heterocycles. The fourth-order valence-corrected chi connectivity index (χ4v) is 2.50. The summed E-state index contributed by atoms with van der Waals surface area (Å²) >= 11 is 0. The van der Waals surface area contributed by atoms with Crippen LogP contribution in [0.3, 0.4) is 0 Å². The van der Waals surface area contributed by atoms with Gasteiger partial charge >= 0.3 is 6.09 Å². The summed E-state index contributed by atoms with van der Waals surface area (Å²) in [7, 11) is 0. The Bertz CT molecular complexity index is 859. The highest BCUT2D eigenvalue weighted by Crippen LogP contribution is 2.30. The van der Waals surface area contributed by atoms with Crippen molar-refractivity contribution < 1.29 is 23.8 Å². The first-order valence-electron chi connectivity index (χ1n) is 9.53. The smallest absolute Gasteiger partial charge is 0.412 e. The first-order chi connectivity index (χ1) is 13.7. The molecule has 0 aliphatic carbocycles. The second-order valence-corrected chi connectivity index (χ2v) is 7.19. The minimum atomic E-state index is -0.611. The van der Waals surface area contributed by atoms with Crippen LogP contribution >= 0.6 is 0 Å². The maximum Gasteiger partial charge on any atom is 0.412 e. The summed E-state index contributed by atoms with van der Waals surface area (Å²) in [4.78, 5) is 24.7. The van der Waals surface area contributed by atoms with Crippen molar-refractivity contribution >= 4 is 23.4 Å². The molecular weight excluding hydrogens is 372 g/mol. The number of rotatable bonds is 7. The summed E-state index contributed by atoms with van der Waals surface area (Å²) < 4.78 is 16.3. The molecule has 0 saturated heterocycles. The molecule has 156 valence electrons. The Hall–Kier alpha value is -3.22. The number of carbonyl (C=O) groups excluding carboxylic acids is 2. The lowest BCUT2D eigenvalue weighted by molar-refractivity contribution is 0.0635. The van der Waals surface area contributed by atoms with E-state index in [0.717, 1.165) is 0 Å². The minimum absolute atomic E-state index is 0.340. The molecule has 0 saturated carbocycles. The molecule has 0 bridgehead atoms. The van der Waals surface area contributed by atoms with Crippen LogP contribution in [0.1, 0.15) is 45.0 Å². The first kappa shape index (κ1) is 22.1. The zero-order chi connectivity index (χ0) is 21.4. The van der Waals surface area contributed by atoms with E-state index in [9.17, 15) is 9.59 Å². The van der Waals surface area contributed by atoms with Crippen molar-refractivity contribution in [1.82, 2.24) is 0 Å². The van der Waals surface area contributed by atoms with Crippen LogP contribution in [-0.4, -0.2) is 30.8 Å². The molecule has 0 atom stereocenters. The molecule has 0 heterocycles. The van der Waals surface area contributed by atoms with E-state index in [1.54, 1.807) is 63.2 Å². The number of ether oxygens (including phenoxy) is 3. The lowest BCUT2D eigenvalue weighted by Gasteiger charge is -2.19. The molecule has 2 aromatic rings. The summed E-state index contributed by atoms with van der Waals surface area (Å²) in [6.07, 6.45) is -0.585. The van der Waals surface area contributed by atoms with Crippen LogP contribution in [0.5, 0.6) is 11.5 Å². The van der Waals surface area contributed by atoms with Crippen LogP contribution in [0.15, 0.2) is 42.5 Å². The molecule has 29 heavy (non-hydrogen) atoms. The monoisotopic (exact) mass is 400 g/mol. The number of hydrogen-bond acceptors (Lipinski definition) is 5. The van der Waals surface area contributed by atoms with Crippen molar-refractivity contribution in [3.63, 3.8) is 0 Å². The van der Waals surface area contributed by atoms with Crippen LogP contribution in [-0.2, 0) is 4.74 Å². The largest absolute Gasteiger partial charge is 0.494 e. The van der Waals surface area contributed by atoms with Gasteiger partial charge in [-0.25, -0.2) is 4.79 Å². The number of nitrogens with one attached hydrogen (secondary N) is 2. The van der Waals surface area contributed by atoms with Crippen LogP contribution in [0.25, 0.3) is 0 Å². The van der Waals surface area contributed by atoms with Crippen molar-refractivity contribution in [2.45, 2.75) is 40.2 Å². The summed E-state index contributed by atoms with van der Waals surface area (Å²) in [6.45, 7) is 10.1. The van der Waals surface area contributed by atoms with Crippen molar-refractivity contribution in [2.75, 3.05) is 23.8 Å². The number of amides is 2. The Balaban J connectivity index is 2.17. The molecule has 2 aromatic carbocycles. The van der Waals surface area contributed by atoms with Gasteiger partial charge in [0, 0.05) is 17.3 Å². The van der Waals surface area contributed by atoms with Gasteiger partial charge in [-0.2, -0.15) is 0 Å². The second-order valence-electron chi connectivity index (χ2n) is 7.19. The molecule has 0 spiro atoms. The van der Waals surface area contributed by atoms with Gasteiger partial charge in [-0.05, 0) is 65.0 Å². The molecule has 0 aliphatic heterocycles. The molecular formula is C22H28N2O5. The number of benzene rings is 2. The molecule has 0 unspecified atom stereocenters. The summed E-state index contributed by atoms with van der Waals surface area (Å²) in [5.41, 5.74) is 0.733. The summed E-state index contributed by atoms with van der Waals surface area (Å²) in [5.74, 6) is 0.839. The Morgan fingerprint density at radius 1 is 0.931 bits per heavy atom. The average molecular weight is 400 g/mol. The summed E-state index contributed by atoms with van der Waals surface area (Å²) in [5, 5.41) is 5.47. The molecule has 2 amide bonds. The van der Waals surface area contributed by atoms with Crippen LogP contribution in [0.2, 0.25) is 0 Å². The third-order valence-electron chi connectivity index (χ3n) is 3.58. The highest BCUT2D eigenvalue weighted by molar-refractivity contribution is 6.06. The van der Waals surface area contributed by atoms with Gasteiger partial charge < -0.3 is 19.5 Å². The first-order valence-corrected chi connectivity index (χ1v) is 9.53. The van der Waals surface area contributed by atoms with E-state index in [1.807, 2.05) is 13.8 Å². The molecule has 7 nitrogen and oxygen atoms in total. The van der Waals surface area contributed by atoms with Crippen LogP contribution in [0.4, 0.5) is 16.2 Å². The lowest BCUT2D eigenvalue weighted by atomic mass is 10.1. The Kier molecular flexibility index (Phi) is 7.47. The van der Waals surface area contributed by atoms with Gasteiger partial charge in [0.05, 0.1) is 18.9 Å². The van der Waals surface area contributed by atoms with E-state index in [2.05, 4.69) is 10.6 Å². The number of carbonyl (C=O) groups is 2. The van der Waals surface area contributed by atoms with Crippen molar-refractivity contribution in [1.29, 1.82) is 0 Å². The van der Waals surface area contributed by atoms with Crippen molar-refractivity contribution in [2.24, 2.45) is 0 Å². The van der Waals surface area contributed by atoms with Gasteiger partial charge in [0.15, 0.2) is 0 Å². The Morgan fingerprint density at radius 2 is 1.66 bits per heavy atom. The number of anilines is 2. The zero-order valence-corrected chi connectivity index (χ0v) is 17.5. The van der Waals surface area contributed by atoms with Gasteiger partial charge in [0.1, 0.15) is 17.1 Å². The zero-order valence-electron chi connectivity index (χ0n) is 17.5. The van der Waals surface area contributed by atoms with E-state index in [1.165, 1.54) is 0 Å². The Morgan fingerprint density at radius 3 is 2.31 bits per heavy atom. The quantitative estimate of drug-likeness (QED) is 0.677. The predicted octanol–water partition coefficient (Wildman–Crippen LogP) is 5.08. The van der Waals surface area contributed by atoms with E-state index < -0.39 is 11.7 Å². The van der Waals surface area contributed by atoms with Gasteiger partial charge in [-0.1, -0.05) is 6.07 Å². The third-order valence-corrected chi connectivity index (χ3v) is 3.58. The third kappa shape index (κ3) is 7.03. The van der Waals surface area contributed by atoms with E-state index in [0.29, 0.717) is 41.7 Å². The topological polar surface area (TPSA) is 85.9 Å². The SMILES string of the molecule is CCOc1ccc(OCC)c(NC(=O)c2cccc(NC(=O)OC(C)(C)C)c2)c1.